The highest BCUT2D eigenvalue weighted by Crippen LogP contribution is 2.39. The van der Waals surface area contributed by atoms with Gasteiger partial charge in [0, 0.05) is 35.2 Å². The third kappa shape index (κ3) is 5.87. The Labute approximate surface area is 216 Å². The highest BCUT2D eigenvalue weighted by atomic mass is 35.5. The molecular weight excluding hydrogens is 478 g/mol. The second-order valence-corrected chi connectivity index (χ2v) is 11.4. The van der Waals surface area contributed by atoms with Crippen molar-refractivity contribution in [2.75, 3.05) is 10.6 Å². The predicted octanol–water partition coefficient (Wildman–Crippen LogP) is 6.27. The molecule has 2 N–H and O–H groups in total. The minimum absolute atomic E-state index is 0.136. The summed E-state index contributed by atoms with van der Waals surface area (Å²) in [4.78, 5) is 29.5. The van der Waals surface area contributed by atoms with Gasteiger partial charge in [0.1, 0.15) is 11.4 Å². The van der Waals surface area contributed by atoms with Crippen LogP contribution in [0.3, 0.4) is 0 Å². The summed E-state index contributed by atoms with van der Waals surface area (Å²) in [6.07, 6.45) is 3.72. The van der Waals surface area contributed by atoms with Crippen LogP contribution in [0.5, 0.6) is 0 Å². The summed E-state index contributed by atoms with van der Waals surface area (Å²) in [5, 5.41) is 10.6. The number of nitrogens with zero attached hydrogens (tertiary/aromatic N) is 3. The van der Waals surface area contributed by atoms with Crippen LogP contribution >= 0.6 is 11.6 Å². The molecule has 9 heteroatoms. The predicted molar refractivity (Wildman–Crippen MR) is 141 cm³/mol. The van der Waals surface area contributed by atoms with Gasteiger partial charge in [-0.15, -0.1) is 0 Å². The minimum Gasteiger partial charge on any atom is -0.444 e. The van der Waals surface area contributed by atoms with Gasteiger partial charge in [0.2, 0.25) is 5.91 Å². The number of hydrogen-bond donors (Lipinski definition) is 2. The van der Waals surface area contributed by atoms with E-state index in [4.69, 9.17) is 16.3 Å². The number of pyridine rings is 1. The van der Waals surface area contributed by atoms with Crippen LogP contribution in [0.2, 0.25) is 5.02 Å². The molecule has 0 saturated carbocycles. The molecule has 0 spiro atoms. The lowest BCUT2D eigenvalue weighted by Gasteiger charge is -2.20. The fraction of sp³-hybridized carbons (Fsp3) is 0.407. The van der Waals surface area contributed by atoms with E-state index in [1.807, 2.05) is 16.9 Å². The number of fused-ring (bicyclic) bond motifs is 1. The number of hydrogen-bond acceptors (Lipinski definition) is 5. The number of aromatic nitrogens is 3. The van der Waals surface area contributed by atoms with Crippen LogP contribution in [0.15, 0.2) is 42.7 Å². The van der Waals surface area contributed by atoms with Crippen LogP contribution in [-0.4, -0.2) is 32.4 Å². The number of benzene rings is 1. The van der Waals surface area contributed by atoms with Crippen molar-refractivity contribution in [3.05, 3.63) is 59.0 Å². The molecular formula is C27H32ClN5O3. The average molecular weight is 510 g/mol. The molecule has 1 atom stereocenters. The van der Waals surface area contributed by atoms with Gasteiger partial charge >= 0.3 is 6.09 Å². The first-order valence-electron chi connectivity index (χ1n) is 11.9. The molecule has 190 valence electrons. The van der Waals surface area contributed by atoms with E-state index in [0.717, 1.165) is 35.3 Å². The summed E-state index contributed by atoms with van der Waals surface area (Å²) in [5.74, 6) is -0.314. The van der Waals surface area contributed by atoms with Crippen LogP contribution < -0.4 is 10.6 Å². The standard InChI is InChI=1S/C27H32ClN5O3/c1-16(17-8-7-9-18(10-17)31-25(35)36-26(2,3)4)24(34)32-23-11-19(21(28)14-29-23)20-13-30-33-15-27(5,6)12-22(20)33/h7-11,13-14,16H,12,15H2,1-6H3,(H,31,35)(H,29,32,34). The Morgan fingerprint density at radius 3 is 2.61 bits per heavy atom. The van der Waals surface area contributed by atoms with Gasteiger partial charge in [0.15, 0.2) is 0 Å². The Hall–Kier alpha value is -3.39. The van der Waals surface area contributed by atoms with Crippen molar-refractivity contribution in [3.8, 4) is 11.1 Å². The maximum Gasteiger partial charge on any atom is 0.412 e. The highest BCUT2D eigenvalue weighted by Gasteiger charge is 2.32. The van der Waals surface area contributed by atoms with Crippen LogP contribution in [-0.2, 0) is 22.5 Å². The number of nitrogens with one attached hydrogen (secondary N) is 2. The van der Waals surface area contributed by atoms with Crippen molar-refractivity contribution in [2.24, 2.45) is 5.41 Å². The molecule has 0 saturated heterocycles. The van der Waals surface area contributed by atoms with E-state index in [0.29, 0.717) is 16.5 Å². The highest BCUT2D eigenvalue weighted by molar-refractivity contribution is 6.33. The first-order chi connectivity index (χ1) is 16.8. The number of carbonyl (C=O) groups is 2. The van der Waals surface area contributed by atoms with Crippen molar-refractivity contribution in [2.45, 2.75) is 66.0 Å². The lowest BCUT2D eigenvalue weighted by Crippen LogP contribution is -2.27. The van der Waals surface area contributed by atoms with Crippen LogP contribution in [0.1, 0.15) is 58.7 Å². The molecule has 0 aliphatic carbocycles. The number of ether oxygens (including phenoxy) is 1. The summed E-state index contributed by atoms with van der Waals surface area (Å²) < 4.78 is 7.32. The summed E-state index contributed by atoms with van der Waals surface area (Å²) in [6.45, 7) is 12.5. The van der Waals surface area contributed by atoms with E-state index in [-0.39, 0.29) is 11.3 Å². The average Bonchev–Trinajstić information content (AvgIpc) is 3.28. The fourth-order valence-electron chi connectivity index (χ4n) is 4.28. The summed E-state index contributed by atoms with van der Waals surface area (Å²) in [5.41, 5.74) is 3.70. The second-order valence-electron chi connectivity index (χ2n) is 11.0. The Kier molecular flexibility index (Phi) is 6.84. The van der Waals surface area contributed by atoms with Gasteiger partial charge in [-0.1, -0.05) is 37.6 Å². The quantitative estimate of drug-likeness (QED) is 0.422. The zero-order valence-corrected chi connectivity index (χ0v) is 22.2. The molecule has 1 aliphatic rings. The molecule has 4 rings (SSSR count). The molecule has 2 aromatic heterocycles. The second kappa shape index (κ2) is 9.58. The topological polar surface area (TPSA) is 98.1 Å². The lowest BCUT2D eigenvalue weighted by molar-refractivity contribution is -0.117. The van der Waals surface area contributed by atoms with Crippen LogP contribution in [0.4, 0.5) is 16.3 Å². The van der Waals surface area contributed by atoms with Crippen LogP contribution in [0.25, 0.3) is 11.1 Å². The van der Waals surface area contributed by atoms with E-state index >= 15 is 0 Å². The van der Waals surface area contributed by atoms with Crippen molar-refractivity contribution < 1.29 is 14.3 Å². The summed E-state index contributed by atoms with van der Waals surface area (Å²) in [6, 6.07) is 8.91. The molecule has 0 bridgehead atoms. The number of anilines is 2. The monoisotopic (exact) mass is 509 g/mol. The molecule has 2 amide bonds. The Balaban J connectivity index is 1.49. The SMILES string of the molecule is CC(C(=O)Nc1cc(-c2cnn3c2CC(C)(C)C3)c(Cl)cn1)c1cccc(NC(=O)OC(C)(C)C)c1. The zero-order chi connectivity index (χ0) is 26.3. The number of rotatable bonds is 5. The zero-order valence-electron chi connectivity index (χ0n) is 21.5. The molecule has 8 nitrogen and oxygen atoms in total. The fourth-order valence-corrected chi connectivity index (χ4v) is 4.48. The minimum atomic E-state index is -0.604. The molecule has 0 fully saturated rings. The smallest absolute Gasteiger partial charge is 0.412 e. The van der Waals surface area contributed by atoms with E-state index in [2.05, 4.69) is 34.6 Å². The number of amides is 2. The van der Waals surface area contributed by atoms with Gasteiger partial charge in [-0.25, -0.2) is 9.78 Å². The van der Waals surface area contributed by atoms with Gasteiger partial charge in [-0.3, -0.25) is 14.8 Å². The Morgan fingerprint density at radius 1 is 1.14 bits per heavy atom. The lowest BCUT2D eigenvalue weighted by atomic mass is 9.89. The van der Waals surface area contributed by atoms with Crippen molar-refractivity contribution in [1.29, 1.82) is 0 Å². The molecule has 1 aromatic carbocycles. The molecule has 0 radical (unpaired) electrons. The van der Waals surface area contributed by atoms with Gasteiger partial charge < -0.3 is 10.1 Å². The van der Waals surface area contributed by atoms with Gasteiger partial charge in [-0.05, 0) is 63.3 Å². The third-order valence-corrected chi connectivity index (χ3v) is 6.30. The maximum absolute atomic E-state index is 13.1. The van der Waals surface area contributed by atoms with Crippen molar-refractivity contribution >= 4 is 35.1 Å². The maximum atomic E-state index is 13.1. The molecule has 1 aliphatic heterocycles. The molecule has 3 heterocycles. The Morgan fingerprint density at radius 2 is 1.89 bits per heavy atom. The van der Waals surface area contributed by atoms with E-state index in [1.54, 1.807) is 58.2 Å². The first-order valence-corrected chi connectivity index (χ1v) is 12.3. The summed E-state index contributed by atoms with van der Waals surface area (Å²) in [7, 11) is 0. The normalized spacial score (nSPS) is 15.2. The molecule has 36 heavy (non-hydrogen) atoms. The van der Waals surface area contributed by atoms with E-state index in [1.165, 1.54) is 0 Å². The largest absolute Gasteiger partial charge is 0.444 e. The van der Waals surface area contributed by atoms with E-state index in [9.17, 15) is 9.59 Å². The summed E-state index contributed by atoms with van der Waals surface area (Å²) >= 11 is 6.50. The van der Waals surface area contributed by atoms with Crippen LogP contribution in [0, 0.1) is 5.41 Å². The van der Waals surface area contributed by atoms with Gasteiger partial charge in [0.25, 0.3) is 0 Å². The van der Waals surface area contributed by atoms with Gasteiger partial charge in [0.05, 0.1) is 17.1 Å². The van der Waals surface area contributed by atoms with Crippen molar-refractivity contribution in [3.63, 3.8) is 0 Å². The number of carbonyl (C=O) groups excluding carboxylic acids is 2. The van der Waals surface area contributed by atoms with Gasteiger partial charge in [-0.2, -0.15) is 5.10 Å². The first kappa shape index (κ1) is 25.7. The molecule has 3 aromatic rings. The van der Waals surface area contributed by atoms with E-state index < -0.39 is 17.6 Å². The van der Waals surface area contributed by atoms with Crippen molar-refractivity contribution in [1.82, 2.24) is 14.8 Å². The molecule has 1 unspecified atom stereocenters. The number of halogens is 1. The third-order valence-electron chi connectivity index (χ3n) is 5.99. The Bertz CT molecular complexity index is 1310.